The number of aromatic nitrogens is 3. The van der Waals surface area contributed by atoms with E-state index in [2.05, 4.69) is 20.8 Å². The molecule has 172 valence electrons. The highest BCUT2D eigenvalue weighted by Crippen LogP contribution is 2.30. The van der Waals surface area contributed by atoms with Gasteiger partial charge in [-0.25, -0.2) is 22.5 Å². The zero-order valence-electron chi connectivity index (χ0n) is 19.2. The molecular weight excluding hydrogens is 424 g/mol. The Labute approximate surface area is 189 Å². The summed E-state index contributed by atoms with van der Waals surface area (Å²) in [6.45, 7) is 7.21. The van der Waals surface area contributed by atoms with Crippen molar-refractivity contribution in [3.8, 4) is 0 Å². The maximum absolute atomic E-state index is 13.0. The standard InChI is InChI=1S/C24H32N4O3S/c1-17(2)18(3)28-22-13-12-21(25-23(22)26(4)24(28)29)20-11-8-14-27(15-20)32(30,31)16-19-9-6-5-7-10-19/h5-7,9-10,12-13,17-18,20H,8,11,14-16H2,1-4H3. The van der Waals surface area contributed by atoms with Gasteiger partial charge in [0.05, 0.1) is 11.3 Å². The molecule has 7 nitrogen and oxygen atoms in total. The molecule has 3 heterocycles. The predicted molar refractivity (Wildman–Crippen MR) is 127 cm³/mol. The molecule has 2 atom stereocenters. The fraction of sp³-hybridized carbons (Fsp3) is 0.500. The lowest BCUT2D eigenvalue weighted by atomic mass is 9.95. The highest BCUT2D eigenvalue weighted by Gasteiger charge is 2.31. The summed E-state index contributed by atoms with van der Waals surface area (Å²) in [5.41, 5.74) is 3.06. The van der Waals surface area contributed by atoms with Crippen LogP contribution in [0.4, 0.5) is 0 Å². The molecule has 0 spiro atoms. The van der Waals surface area contributed by atoms with E-state index in [1.807, 2.05) is 47.0 Å². The minimum atomic E-state index is -3.41. The van der Waals surface area contributed by atoms with Crippen molar-refractivity contribution in [1.29, 1.82) is 0 Å². The van der Waals surface area contributed by atoms with Crippen molar-refractivity contribution in [3.63, 3.8) is 0 Å². The van der Waals surface area contributed by atoms with E-state index < -0.39 is 10.0 Å². The van der Waals surface area contributed by atoms with Crippen LogP contribution in [0.25, 0.3) is 11.2 Å². The fourth-order valence-electron chi connectivity index (χ4n) is 4.48. The number of sulfonamides is 1. The van der Waals surface area contributed by atoms with Crippen molar-refractivity contribution in [2.24, 2.45) is 13.0 Å². The molecule has 0 radical (unpaired) electrons. The van der Waals surface area contributed by atoms with Gasteiger partial charge in [-0.05, 0) is 43.4 Å². The number of piperidine rings is 1. The maximum atomic E-state index is 13.0. The molecule has 0 bridgehead atoms. The second-order valence-electron chi connectivity index (χ2n) is 9.21. The number of aryl methyl sites for hydroxylation is 1. The highest BCUT2D eigenvalue weighted by atomic mass is 32.2. The van der Waals surface area contributed by atoms with E-state index >= 15 is 0 Å². The molecule has 8 heteroatoms. The SMILES string of the molecule is CC(C)C(C)n1c(=O)n(C)c2nc(C3CCCN(S(=O)(=O)Cc4ccccc4)C3)ccc21. The molecule has 0 N–H and O–H groups in total. The third-order valence-corrected chi connectivity index (χ3v) is 8.52. The van der Waals surface area contributed by atoms with Crippen LogP contribution in [0.15, 0.2) is 47.3 Å². The minimum Gasteiger partial charge on any atom is -0.287 e. The Morgan fingerprint density at radius 2 is 1.81 bits per heavy atom. The zero-order valence-corrected chi connectivity index (χ0v) is 20.0. The van der Waals surface area contributed by atoms with Crippen LogP contribution in [0, 0.1) is 5.92 Å². The number of hydrogen-bond acceptors (Lipinski definition) is 4. The summed E-state index contributed by atoms with van der Waals surface area (Å²) in [5, 5.41) is 0. The Hall–Kier alpha value is -2.45. The Kier molecular flexibility index (Phi) is 6.27. The van der Waals surface area contributed by atoms with Crippen LogP contribution in [0.3, 0.4) is 0 Å². The molecule has 2 aromatic heterocycles. The molecule has 3 aromatic rings. The topological polar surface area (TPSA) is 77.2 Å². The Morgan fingerprint density at radius 3 is 2.50 bits per heavy atom. The number of pyridine rings is 1. The first-order chi connectivity index (χ1) is 15.2. The molecular formula is C24H32N4O3S. The number of nitrogens with zero attached hydrogens (tertiary/aromatic N) is 4. The van der Waals surface area contributed by atoms with Gasteiger partial charge in [0, 0.05) is 37.8 Å². The number of fused-ring (bicyclic) bond motifs is 1. The first-order valence-corrected chi connectivity index (χ1v) is 12.9. The first-order valence-electron chi connectivity index (χ1n) is 11.3. The summed E-state index contributed by atoms with van der Waals surface area (Å²) < 4.78 is 31.1. The van der Waals surface area contributed by atoms with Gasteiger partial charge in [-0.1, -0.05) is 44.2 Å². The lowest BCUT2D eigenvalue weighted by Crippen LogP contribution is -2.39. The summed E-state index contributed by atoms with van der Waals surface area (Å²) in [5.74, 6) is 0.344. The van der Waals surface area contributed by atoms with Crippen LogP contribution >= 0.6 is 0 Å². The molecule has 32 heavy (non-hydrogen) atoms. The zero-order chi connectivity index (χ0) is 23.0. The second-order valence-corrected chi connectivity index (χ2v) is 11.2. The van der Waals surface area contributed by atoms with Gasteiger partial charge in [-0.3, -0.25) is 9.13 Å². The van der Waals surface area contributed by atoms with E-state index in [4.69, 9.17) is 4.98 Å². The van der Waals surface area contributed by atoms with Gasteiger partial charge in [0.15, 0.2) is 5.65 Å². The van der Waals surface area contributed by atoms with Crippen molar-refractivity contribution in [2.45, 2.75) is 51.3 Å². The molecule has 1 fully saturated rings. The molecule has 1 aliphatic rings. The number of rotatable bonds is 6. The lowest BCUT2D eigenvalue weighted by molar-refractivity contribution is 0.312. The molecule has 2 unspecified atom stereocenters. The number of benzene rings is 1. The van der Waals surface area contributed by atoms with Crippen LogP contribution in [0.2, 0.25) is 0 Å². The van der Waals surface area contributed by atoms with Crippen molar-refractivity contribution < 1.29 is 8.42 Å². The van der Waals surface area contributed by atoms with Gasteiger partial charge in [0.25, 0.3) is 0 Å². The van der Waals surface area contributed by atoms with Gasteiger partial charge in [-0.2, -0.15) is 0 Å². The number of imidazole rings is 1. The average Bonchev–Trinajstić information content (AvgIpc) is 3.03. The minimum absolute atomic E-state index is 0.0114. The van der Waals surface area contributed by atoms with E-state index in [1.54, 1.807) is 15.9 Å². The van der Waals surface area contributed by atoms with Gasteiger partial charge >= 0.3 is 5.69 Å². The van der Waals surface area contributed by atoms with Crippen molar-refractivity contribution in [2.75, 3.05) is 13.1 Å². The highest BCUT2D eigenvalue weighted by molar-refractivity contribution is 7.88. The van der Waals surface area contributed by atoms with E-state index in [9.17, 15) is 13.2 Å². The smallest absolute Gasteiger partial charge is 0.287 e. The largest absolute Gasteiger partial charge is 0.330 e. The van der Waals surface area contributed by atoms with E-state index in [0.29, 0.717) is 24.7 Å². The van der Waals surface area contributed by atoms with Gasteiger partial charge in [0.2, 0.25) is 10.0 Å². The second kappa shape index (κ2) is 8.83. The van der Waals surface area contributed by atoms with Gasteiger partial charge in [0.1, 0.15) is 0 Å². The summed E-state index contributed by atoms with van der Waals surface area (Å²) in [6, 6.07) is 13.3. The summed E-state index contributed by atoms with van der Waals surface area (Å²) in [7, 11) is -1.65. The van der Waals surface area contributed by atoms with Crippen LogP contribution in [0.1, 0.15) is 56.8 Å². The molecule has 0 saturated carbocycles. The third-order valence-electron chi connectivity index (χ3n) is 6.71. The quantitative estimate of drug-likeness (QED) is 0.567. The van der Waals surface area contributed by atoms with Gasteiger partial charge in [-0.15, -0.1) is 0 Å². The molecule has 0 amide bonds. The normalized spacial score (nSPS) is 19.0. The van der Waals surface area contributed by atoms with Gasteiger partial charge < -0.3 is 0 Å². The van der Waals surface area contributed by atoms with E-state index in [-0.39, 0.29) is 23.4 Å². The molecule has 4 rings (SSSR count). The van der Waals surface area contributed by atoms with Crippen LogP contribution in [-0.2, 0) is 22.8 Å². The fourth-order valence-corrected chi connectivity index (χ4v) is 6.09. The van der Waals surface area contributed by atoms with E-state index in [1.165, 1.54) is 0 Å². The van der Waals surface area contributed by atoms with Crippen molar-refractivity contribution >= 4 is 21.2 Å². The molecule has 1 aliphatic heterocycles. The summed E-state index contributed by atoms with van der Waals surface area (Å²) in [4.78, 5) is 17.7. The predicted octanol–water partition coefficient (Wildman–Crippen LogP) is 3.66. The lowest BCUT2D eigenvalue weighted by Gasteiger charge is -2.31. The van der Waals surface area contributed by atoms with Crippen molar-refractivity contribution in [1.82, 2.24) is 18.4 Å². The van der Waals surface area contributed by atoms with Crippen molar-refractivity contribution in [3.05, 3.63) is 64.2 Å². The first kappa shape index (κ1) is 22.7. The molecule has 0 aliphatic carbocycles. The monoisotopic (exact) mass is 456 g/mol. The van der Waals surface area contributed by atoms with Crippen LogP contribution in [0.5, 0.6) is 0 Å². The Balaban J connectivity index is 1.62. The van der Waals surface area contributed by atoms with E-state index in [0.717, 1.165) is 29.6 Å². The third kappa shape index (κ3) is 4.26. The molecule has 1 saturated heterocycles. The number of hydrogen-bond donors (Lipinski definition) is 0. The molecule has 1 aromatic carbocycles. The Morgan fingerprint density at radius 1 is 1.09 bits per heavy atom. The Bertz CT molecular complexity index is 1260. The van der Waals surface area contributed by atoms with Crippen LogP contribution in [-0.4, -0.2) is 39.9 Å². The summed E-state index contributed by atoms with van der Waals surface area (Å²) in [6.07, 6.45) is 1.68. The summed E-state index contributed by atoms with van der Waals surface area (Å²) >= 11 is 0. The average molecular weight is 457 g/mol. The van der Waals surface area contributed by atoms with Crippen LogP contribution < -0.4 is 5.69 Å². The maximum Gasteiger partial charge on any atom is 0.330 e.